The van der Waals surface area contributed by atoms with Crippen molar-refractivity contribution in [1.82, 2.24) is 14.5 Å². The molecule has 1 N–H and O–H groups in total. The fourth-order valence-electron chi connectivity index (χ4n) is 2.01. The van der Waals surface area contributed by atoms with Gasteiger partial charge in [-0.1, -0.05) is 11.6 Å². The van der Waals surface area contributed by atoms with Crippen molar-refractivity contribution in [2.75, 3.05) is 0 Å². The second-order valence-corrected chi connectivity index (χ2v) is 5.66. The number of nitrogens with one attached hydrogen (secondary N) is 1. The van der Waals surface area contributed by atoms with E-state index in [1.54, 1.807) is 17.5 Å². The maximum absolute atomic E-state index is 5.94. The van der Waals surface area contributed by atoms with Crippen LogP contribution >= 0.6 is 35.2 Å². The van der Waals surface area contributed by atoms with E-state index in [9.17, 15) is 0 Å². The van der Waals surface area contributed by atoms with Crippen LogP contribution in [0.2, 0.25) is 5.02 Å². The number of hydrogen-bond acceptors (Lipinski definition) is 3. The lowest BCUT2D eigenvalue weighted by molar-refractivity contribution is 0.646. The summed E-state index contributed by atoms with van der Waals surface area (Å²) in [5, 5.41) is 4.80. The van der Waals surface area contributed by atoms with Crippen LogP contribution in [0.3, 0.4) is 0 Å². The zero-order valence-electron chi connectivity index (χ0n) is 9.55. The van der Waals surface area contributed by atoms with Crippen molar-refractivity contribution in [2.45, 2.75) is 13.0 Å². The van der Waals surface area contributed by atoms with Crippen molar-refractivity contribution < 1.29 is 0 Å². The fourth-order valence-corrected chi connectivity index (χ4v) is 3.27. The number of rotatable bonds is 2. The first kappa shape index (κ1) is 11.9. The average molecular weight is 296 g/mol. The second kappa shape index (κ2) is 4.50. The molecule has 3 heterocycles. The molecule has 3 aromatic rings. The van der Waals surface area contributed by atoms with E-state index in [0.717, 1.165) is 11.2 Å². The molecule has 3 aromatic heterocycles. The van der Waals surface area contributed by atoms with Gasteiger partial charge in [0, 0.05) is 6.20 Å². The Bertz CT molecular complexity index is 742. The van der Waals surface area contributed by atoms with Gasteiger partial charge in [0.15, 0.2) is 10.4 Å². The highest BCUT2D eigenvalue weighted by Crippen LogP contribution is 2.25. The zero-order valence-corrected chi connectivity index (χ0v) is 11.9. The minimum absolute atomic E-state index is 0.158. The van der Waals surface area contributed by atoms with Crippen molar-refractivity contribution in [1.29, 1.82) is 0 Å². The maximum Gasteiger partial charge on any atom is 0.179 e. The van der Waals surface area contributed by atoms with E-state index in [1.165, 1.54) is 5.56 Å². The molecular formula is C12H10ClN3S2. The number of fused-ring (bicyclic) bond motifs is 1. The van der Waals surface area contributed by atoms with E-state index in [-0.39, 0.29) is 6.04 Å². The Morgan fingerprint density at radius 2 is 2.39 bits per heavy atom. The van der Waals surface area contributed by atoms with Gasteiger partial charge in [0.25, 0.3) is 0 Å². The molecule has 0 aromatic carbocycles. The lowest BCUT2D eigenvalue weighted by Gasteiger charge is -2.12. The Morgan fingerprint density at radius 3 is 3.11 bits per heavy atom. The van der Waals surface area contributed by atoms with Gasteiger partial charge in [-0.2, -0.15) is 11.3 Å². The minimum atomic E-state index is 0.158. The summed E-state index contributed by atoms with van der Waals surface area (Å²) in [6, 6.07) is 4.11. The molecule has 1 unspecified atom stereocenters. The van der Waals surface area contributed by atoms with Gasteiger partial charge in [-0.25, -0.2) is 4.98 Å². The van der Waals surface area contributed by atoms with Crippen LogP contribution in [0.1, 0.15) is 18.5 Å². The predicted octanol–water partition coefficient (Wildman–Crippen LogP) is 4.42. The Labute approximate surface area is 118 Å². The Balaban J connectivity index is 2.23. The lowest BCUT2D eigenvalue weighted by atomic mass is 10.2. The molecule has 92 valence electrons. The summed E-state index contributed by atoms with van der Waals surface area (Å²) in [5.41, 5.74) is 2.94. The number of pyridine rings is 1. The number of aromatic nitrogens is 3. The summed E-state index contributed by atoms with van der Waals surface area (Å²) >= 11 is 13.0. The fraction of sp³-hybridized carbons (Fsp3) is 0.167. The molecule has 3 nitrogen and oxygen atoms in total. The molecule has 18 heavy (non-hydrogen) atoms. The predicted molar refractivity (Wildman–Crippen MR) is 78.1 cm³/mol. The number of thiophene rings is 1. The van der Waals surface area contributed by atoms with E-state index in [4.69, 9.17) is 23.8 Å². The number of halogens is 1. The van der Waals surface area contributed by atoms with Gasteiger partial charge in [-0.05, 0) is 47.6 Å². The van der Waals surface area contributed by atoms with Crippen LogP contribution in [-0.2, 0) is 0 Å². The first-order valence-electron chi connectivity index (χ1n) is 5.44. The molecule has 0 spiro atoms. The maximum atomic E-state index is 5.94. The molecule has 0 aliphatic carbocycles. The van der Waals surface area contributed by atoms with Crippen LogP contribution in [-0.4, -0.2) is 14.5 Å². The molecule has 0 aliphatic rings. The third-order valence-electron chi connectivity index (χ3n) is 2.93. The van der Waals surface area contributed by atoms with Gasteiger partial charge in [-0.3, -0.25) is 4.57 Å². The summed E-state index contributed by atoms with van der Waals surface area (Å²) in [6.45, 7) is 2.11. The Kier molecular flexibility index (Phi) is 2.97. The third-order valence-corrected chi connectivity index (χ3v) is 4.14. The number of aromatic amines is 1. The average Bonchev–Trinajstić information content (AvgIpc) is 2.94. The first-order valence-corrected chi connectivity index (χ1v) is 7.17. The van der Waals surface area contributed by atoms with E-state index in [2.05, 4.69) is 33.7 Å². The number of hydrogen-bond donors (Lipinski definition) is 1. The largest absolute Gasteiger partial charge is 0.329 e. The molecule has 3 rings (SSSR count). The third kappa shape index (κ3) is 1.88. The summed E-state index contributed by atoms with van der Waals surface area (Å²) in [4.78, 5) is 7.51. The number of imidazole rings is 1. The van der Waals surface area contributed by atoms with Gasteiger partial charge in [0.2, 0.25) is 0 Å². The molecule has 0 saturated heterocycles. The molecule has 0 saturated carbocycles. The van der Waals surface area contributed by atoms with Gasteiger partial charge in [0.1, 0.15) is 0 Å². The summed E-state index contributed by atoms with van der Waals surface area (Å²) in [7, 11) is 0. The summed E-state index contributed by atoms with van der Waals surface area (Å²) in [5.74, 6) is 0. The molecule has 0 radical (unpaired) electrons. The number of nitrogens with zero attached hydrogens (tertiary/aromatic N) is 2. The van der Waals surface area contributed by atoms with Crippen LogP contribution in [0.25, 0.3) is 11.2 Å². The Hall–Kier alpha value is -1.17. The van der Waals surface area contributed by atoms with Crippen molar-refractivity contribution in [2.24, 2.45) is 0 Å². The van der Waals surface area contributed by atoms with Crippen LogP contribution in [0.15, 0.2) is 29.1 Å². The van der Waals surface area contributed by atoms with Crippen molar-refractivity contribution in [3.05, 3.63) is 44.4 Å². The van der Waals surface area contributed by atoms with E-state index < -0.39 is 0 Å². The van der Waals surface area contributed by atoms with Crippen molar-refractivity contribution in [3.8, 4) is 0 Å². The molecule has 0 fully saturated rings. The van der Waals surface area contributed by atoms with Crippen LogP contribution in [0.4, 0.5) is 0 Å². The van der Waals surface area contributed by atoms with Crippen LogP contribution in [0.5, 0.6) is 0 Å². The van der Waals surface area contributed by atoms with E-state index in [0.29, 0.717) is 9.79 Å². The Morgan fingerprint density at radius 1 is 1.56 bits per heavy atom. The van der Waals surface area contributed by atoms with Crippen molar-refractivity contribution >= 4 is 46.3 Å². The normalized spacial score (nSPS) is 13.0. The molecule has 1 atom stereocenters. The van der Waals surface area contributed by atoms with Crippen LogP contribution < -0.4 is 0 Å². The van der Waals surface area contributed by atoms with Crippen LogP contribution in [0, 0.1) is 4.77 Å². The van der Waals surface area contributed by atoms with E-state index >= 15 is 0 Å². The molecule has 0 aliphatic heterocycles. The SMILES string of the molecule is CC(c1ccsc1)n1c(=S)[nH]c2cc(Cl)cnc21. The highest BCUT2D eigenvalue weighted by Gasteiger charge is 2.14. The standard InChI is InChI=1S/C12H10ClN3S2/c1-7(8-2-3-18-6-8)16-11-10(15-12(16)17)4-9(13)5-14-11/h2-7H,1H3,(H,15,17). The van der Waals surface area contributed by atoms with Gasteiger partial charge < -0.3 is 4.98 Å². The van der Waals surface area contributed by atoms with Gasteiger partial charge in [-0.15, -0.1) is 0 Å². The first-order chi connectivity index (χ1) is 8.66. The smallest absolute Gasteiger partial charge is 0.179 e. The molecule has 6 heteroatoms. The van der Waals surface area contributed by atoms with Gasteiger partial charge in [0.05, 0.1) is 16.6 Å². The van der Waals surface area contributed by atoms with Crippen molar-refractivity contribution in [3.63, 3.8) is 0 Å². The summed E-state index contributed by atoms with van der Waals surface area (Å²) < 4.78 is 2.68. The molecule has 0 amide bonds. The lowest BCUT2D eigenvalue weighted by Crippen LogP contribution is -2.06. The minimum Gasteiger partial charge on any atom is -0.329 e. The zero-order chi connectivity index (χ0) is 12.7. The molecular weight excluding hydrogens is 286 g/mol. The second-order valence-electron chi connectivity index (χ2n) is 4.06. The topological polar surface area (TPSA) is 33.6 Å². The van der Waals surface area contributed by atoms with E-state index in [1.807, 2.05) is 10.6 Å². The van der Waals surface area contributed by atoms with Gasteiger partial charge >= 0.3 is 0 Å². The quantitative estimate of drug-likeness (QED) is 0.710. The highest BCUT2D eigenvalue weighted by atomic mass is 35.5. The highest BCUT2D eigenvalue weighted by molar-refractivity contribution is 7.71. The molecule has 0 bridgehead atoms. The monoisotopic (exact) mass is 295 g/mol. The summed E-state index contributed by atoms with van der Waals surface area (Å²) in [6.07, 6.45) is 1.64. The number of H-pyrrole nitrogens is 1.